The number of amides is 2. The zero-order chi connectivity index (χ0) is 27.2. The van der Waals surface area contributed by atoms with Crippen LogP contribution < -0.4 is 4.90 Å². The van der Waals surface area contributed by atoms with Crippen molar-refractivity contribution in [3.63, 3.8) is 0 Å². The lowest BCUT2D eigenvalue weighted by Crippen LogP contribution is -2.58. The minimum Gasteiger partial charge on any atom is -0.465 e. The molecule has 5 rings (SSSR count). The number of aliphatic hydroxyl groups is 1. The molecule has 2 saturated heterocycles. The molecular formula is C30H38N2O6. The predicted molar refractivity (Wildman–Crippen MR) is 142 cm³/mol. The molecule has 0 aromatic heterocycles. The van der Waals surface area contributed by atoms with E-state index in [9.17, 15) is 19.5 Å². The van der Waals surface area contributed by atoms with Crippen molar-refractivity contribution in [2.45, 2.75) is 70.7 Å². The second-order valence-electron chi connectivity index (χ2n) is 11.4. The summed E-state index contributed by atoms with van der Waals surface area (Å²) in [7, 11) is 0. The fourth-order valence-electron chi connectivity index (χ4n) is 6.63. The lowest BCUT2D eigenvalue weighted by Gasteiger charge is -2.39. The van der Waals surface area contributed by atoms with Crippen LogP contribution in [0, 0.1) is 31.6 Å². The highest BCUT2D eigenvalue weighted by molar-refractivity contribution is 6.06. The number of aliphatic hydroxyl groups excluding tert-OH is 1. The van der Waals surface area contributed by atoms with Crippen molar-refractivity contribution >= 4 is 23.5 Å². The third kappa shape index (κ3) is 4.28. The number of benzene rings is 1. The molecule has 1 aromatic rings. The van der Waals surface area contributed by atoms with Gasteiger partial charge in [0.05, 0.1) is 31.3 Å². The second kappa shape index (κ2) is 10.3. The number of cyclic esters (lactones) is 1. The monoisotopic (exact) mass is 522 g/mol. The van der Waals surface area contributed by atoms with Gasteiger partial charge in [-0.1, -0.05) is 50.3 Å². The minimum absolute atomic E-state index is 0.175. The molecule has 4 aliphatic rings. The van der Waals surface area contributed by atoms with Crippen LogP contribution in [-0.2, 0) is 23.9 Å². The summed E-state index contributed by atoms with van der Waals surface area (Å²) in [5.41, 5.74) is 1.39. The smallest absolute Gasteiger partial charge is 0.312 e. The Kier molecular flexibility index (Phi) is 7.22. The second-order valence-corrected chi connectivity index (χ2v) is 11.4. The topological polar surface area (TPSA) is 96.4 Å². The number of hydrogen-bond acceptors (Lipinski definition) is 6. The Hall–Kier alpha value is -2.97. The number of aryl methyl sites for hydroxylation is 2. The molecule has 0 aliphatic carbocycles. The molecule has 2 fully saturated rings. The number of esters is 1. The van der Waals surface area contributed by atoms with Crippen LogP contribution in [0.5, 0.6) is 0 Å². The lowest BCUT2D eigenvalue weighted by molar-refractivity contribution is -0.155. The number of ether oxygens (including phenoxy) is 2. The Morgan fingerprint density at radius 1 is 1.13 bits per heavy atom. The van der Waals surface area contributed by atoms with Crippen molar-refractivity contribution in [1.29, 1.82) is 0 Å². The third-order valence-electron chi connectivity index (χ3n) is 8.29. The quantitative estimate of drug-likeness (QED) is 0.472. The van der Waals surface area contributed by atoms with E-state index in [1.165, 1.54) is 4.90 Å². The van der Waals surface area contributed by atoms with Gasteiger partial charge in [0.2, 0.25) is 5.91 Å². The van der Waals surface area contributed by atoms with Crippen molar-refractivity contribution in [2.75, 3.05) is 24.7 Å². The summed E-state index contributed by atoms with van der Waals surface area (Å²) in [4.78, 5) is 45.5. The number of likely N-dealkylation sites (tertiary alicyclic amines) is 1. The van der Waals surface area contributed by atoms with Crippen LogP contribution >= 0.6 is 0 Å². The molecule has 204 valence electrons. The summed E-state index contributed by atoms with van der Waals surface area (Å²) in [6, 6.07) is 4.35. The molecule has 4 heterocycles. The lowest BCUT2D eigenvalue weighted by atomic mass is 9.78. The van der Waals surface area contributed by atoms with E-state index >= 15 is 0 Å². The standard InChI is InChI=1S/C30H38N2O6/c1-18(2)15-21(17-33)32-26-28(35)31(22-16-19(3)10-11-20(22)4)13-8-12-30(26)25(27(32)34)24-23(38-30)9-6-5-7-14-37-29(24)36/h6,8-12,16,18,21,23-26,33H,5,7,13-15,17H2,1-4H3/b9-6-/t21-,23-,24+,25+,26?,30+/m1/s1. The van der Waals surface area contributed by atoms with Crippen molar-refractivity contribution in [2.24, 2.45) is 17.8 Å². The zero-order valence-corrected chi connectivity index (χ0v) is 22.6. The number of hydrogen-bond donors (Lipinski definition) is 1. The van der Waals surface area contributed by atoms with Crippen molar-refractivity contribution in [3.05, 3.63) is 53.6 Å². The Bertz CT molecular complexity index is 1180. The van der Waals surface area contributed by atoms with Gasteiger partial charge in [-0.15, -0.1) is 0 Å². The van der Waals surface area contributed by atoms with Crippen molar-refractivity contribution in [3.8, 4) is 0 Å². The van der Waals surface area contributed by atoms with E-state index in [0.717, 1.165) is 23.2 Å². The maximum Gasteiger partial charge on any atom is 0.312 e. The summed E-state index contributed by atoms with van der Waals surface area (Å²) in [5, 5.41) is 10.4. The molecule has 0 bridgehead atoms. The third-order valence-corrected chi connectivity index (χ3v) is 8.29. The van der Waals surface area contributed by atoms with Crippen molar-refractivity contribution in [1.82, 2.24) is 4.90 Å². The molecule has 1 unspecified atom stereocenters. The van der Waals surface area contributed by atoms with E-state index in [1.54, 1.807) is 4.90 Å². The van der Waals surface area contributed by atoms with E-state index < -0.39 is 41.6 Å². The van der Waals surface area contributed by atoms with Gasteiger partial charge in [-0.2, -0.15) is 0 Å². The normalized spacial score (nSPS) is 32.6. The van der Waals surface area contributed by atoms with Gasteiger partial charge in [-0.05, 0) is 56.2 Å². The molecule has 0 radical (unpaired) electrons. The first kappa shape index (κ1) is 26.6. The molecular weight excluding hydrogens is 484 g/mol. The molecule has 4 aliphatic heterocycles. The molecule has 38 heavy (non-hydrogen) atoms. The number of carbonyl (C=O) groups is 3. The average molecular weight is 523 g/mol. The van der Waals surface area contributed by atoms with E-state index in [1.807, 2.05) is 70.2 Å². The predicted octanol–water partition coefficient (Wildman–Crippen LogP) is 3.09. The van der Waals surface area contributed by atoms with Gasteiger partial charge in [0, 0.05) is 12.2 Å². The van der Waals surface area contributed by atoms with Gasteiger partial charge < -0.3 is 24.4 Å². The summed E-state index contributed by atoms with van der Waals surface area (Å²) in [6.45, 7) is 8.26. The molecule has 6 atom stereocenters. The van der Waals surface area contributed by atoms with Crippen LogP contribution in [0.2, 0.25) is 0 Å². The summed E-state index contributed by atoms with van der Waals surface area (Å²) in [6.07, 6.45) is 8.79. The highest BCUT2D eigenvalue weighted by Gasteiger charge is 2.72. The number of nitrogens with zero attached hydrogens (tertiary/aromatic N) is 2. The van der Waals surface area contributed by atoms with Crippen LogP contribution in [0.4, 0.5) is 5.69 Å². The van der Waals surface area contributed by atoms with Gasteiger partial charge >= 0.3 is 5.97 Å². The van der Waals surface area contributed by atoms with Gasteiger partial charge in [-0.25, -0.2) is 0 Å². The highest BCUT2D eigenvalue weighted by atomic mass is 16.6. The molecule has 1 spiro atoms. The van der Waals surface area contributed by atoms with Crippen LogP contribution in [0.25, 0.3) is 0 Å². The molecule has 0 saturated carbocycles. The average Bonchev–Trinajstić information content (AvgIpc) is 3.29. The molecule has 8 heteroatoms. The van der Waals surface area contributed by atoms with Crippen LogP contribution in [0.3, 0.4) is 0 Å². The Labute approximate surface area is 224 Å². The molecule has 8 nitrogen and oxygen atoms in total. The summed E-state index contributed by atoms with van der Waals surface area (Å²) < 4.78 is 12.2. The fourth-order valence-corrected chi connectivity index (χ4v) is 6.63. The number of rotatable bonds is 5. The number of allylic oxidation sites excluding steroid dienone is 1. The maximum absolute atomic E-state index is 14.6. The van der Waals surface area contributed by atoms with Gasteiger partial charge in [0.15, 0.2) is 0 Å². The molecule has 1 aromatic carbocycles. The zero-order valence-electron chi connectivity index (χ0n) is 22.6. The van der Waals surface area contributed by atoms with E-state index in [-0.39, 0.29) is 30.9 Å². The first-order valence-corrected chi connectivity index (χ1v) is 13.7. The Balaban J connectivity index is 1.66. The van der Waals surface area contributed by atoms with E-state index in [4.69, 9.17) is 9.47 Å². The fraction of sp³-hybridized carbons (Fsp3) is 0.567. The number of fused-ring (bicyclic) bond motifs is 2. The van der Waals surface area contributed by atoms with Gasteiger partial charge in [0.1, 0.15) is 17.6 Å². The Morgan fingerprint density at radius 3 is 2.66 bits per heavy atom. The van der Waals surface area contributed by atoms with Gasteiger partial charge in [-0.3, -0.25) is 14.4 Å². The first-order valence-electron chi connectivity index (χ1n) is 13.7. The first-order chi connectivity index (χ1) is 18.2. The summed E-state index contributed by atoms with van der Waals surface area (Å²) >= 11 is 0. The number of carbonyl (C=O) groups excluding carboxylic acids is 3. The Morgan fingerprint density at radius 2 is 1.92 bits per heavy atom. The largest absolute Gasteiger partial charge is 0.465 e. The van der Waals surface area contributed by atoms with Crippen LogP contribution in [0.1, 0.15) is 44.2 Å². The van der Waals surface area contributed by atoms with Crippen molar-refractivity contribution < 1.29 is 29.0 Å². The van der Waals surface area contributed by atoms with Gasteiger partial charge in [0.25, 0.3) is 5.91 Å². The maximum atomic E-state index is 14.6. The van der Waals surface area contributed by atoms with Crippen LogP contribution in [-0.4, -0.2) is 71.3 Å². The SMILES string of the molecule is Cc1ccc(C)c(N2CC=C[C@]34O[C@@H]5/C=C\CCCOC(=O)[C@@H]5[C@H]3C(=O)N([C@@H](CO)CC(C)C)C4C2=O)c1. The van der Waals surface area contributed by atoms with E-state index in [0.29, 0.717) is 19.4 Å². The number of anilines is 1. The van der Waals surface area contributed by atoms with E-state index in [2.05, 4.69) is 0 Å². The highest BCUT2D eigenvalue weighted by Crippen LogP contribution is 2.54. The molecule has 2 amide bonds. The summed E-state index contributed by atoms with van der Waals surface area (Å²) in [5.74, 6) is -2.70. The minimum atomic E-state index is -1.34. The van der Waals surface area contributed by atoms with Crippen LogP contribution in [0.15, 0.2) is 42.5 Å². The molecule has 1 N–H and O–H groups in total.